The van der Waals surface area contributed by atoms with E-state index in [1.807, 2.05) is 16.2 Å². The smallest absolute Gasteiger partial charge is 0.223 e. The van der Waals surface area contributed by atoms with Gasteiger partial charge in [0.25, 0.3) is 0 Å². The van der Waals surface area contributed by atoms with E-state index in [1.165, 1.54) is 46.3 Å². The van der Waals surface area contributed by atoms with Crippen molar-refractivity contribution in [2.45, 2.75) is 44.6 Å². The van der Waals surface area contributed by atoms with Crippen LogP contribution >= 0.6 is 27.3 Å². The van der Waals surface area contributed by atoms with Gasteiger partial charge in [0, 0.05) is 37.0 Å². The maximum Gasteiger partial charge on any atom is 0.223 e. The predicted molar refractivity (Wildman–Crippen MR) is 86.1 cm³/mol. The van der Waals surface area contributed by atoms with Gasteiger partial charge in [0.15, 0.2) is 0 Å². The van der Waals surface area contributed by atoms with Gasteiger partial charge in [0.1, 0.15) is 0 Å². The van der Waals surface area contributed by atoms with Gasteiger partial charge >= 0.3 is 0 Å². The van der Waals surface area contributed by atoms with Crippen LogP contribution in [-0.4, -0.2) is 30.4 Å². The average molecular weight is 357 g/mol. The molecule has 2 aliphatic rings. The van der Waals surface area contributed by atoms with Crippen LogP contribution in [0.2, 0.25) is 0 Å². The Bertz CT molecular complexity index is 482. The number of halogens is 1. The summed E-state index contributed by atoms with van der Waals surface area (Å²) in [6, 6.07) is 2.69. The molecule has 0 aromatic carbocycles. The molecular weight excluding hydrogens is 336 g/mol. The van der Waals surface area contributed by atoms with Crippen molar-refractivity contribution in [3.05, 3.63) is 20.3 Å². The van der Waals surface area contributed by atoms with Crippen molar-refractivity contribution < 1.29 is 4.79 Å². The van der Waals surface area contributed by atoms with Crippen LogP contribution in [0.5, 0.6) is 0 Å². The number of aryl methyl sites for hydroxylation is 1. The lowest BCUT2D eigenvalue weighted by atomic mass is 9.94. The van der Waals surface area contributed by atoms with Gasteiger partial charge in [-0.25, -0.2) is 0 Å². The van der Waals surface area contributed by atoms with Gasteiger partial charge < -0.3 is 10.2 Å². The summed E-state index contributed by atoms with van der Waals surface area (Å²) in [5.74, 6) is 0.317. The molecule has 1 aliphatic heterocycles. The minimum Gasteiger partial charge on any atom is -0.343 e. The molecule has 0 spiro atoms. The fourth-order valence-electron chi connectivity index (χ4n) is 3.21. The summed E-state index contributed by atoms with van der Waals surface area (Å²) in [5.41, 5.74) is 1.45. The van der Waals surface area contributed by atoms with E-state index in [1.54, 1.807) is 0 Å². The number of likely N-dealkylation sites (tertiary alicyclic amines) is 1. The number of amides is 1. The summed E-state index contributed by atoms with van der Waals surface area (Å²) < 4.78 is 1.23. The third-order valence-electron chi connectivity index (χ3n) is 4.27. The zero-order valence-electron chi connectivity index (χ0n) is 11.7. The van der Waals surface area contributed by atoms with Gasteiger partial charge in [-0.2, -0.15) is 0 Å². The summed E-state index contributed by atoms with van der Waals surface area (Å²) in [6.45, 7) is 2.72. The van der Waals surface area contributed by atoms with Crippen molar-refractivity contribution >= 4 is 33.2 Å². The summed E-state index contributed by atoms with van der Waals surface area (Å²) in [7, 11) is 0. The van der Waals surface area contributed by atoms with E-state index in [0.29, 0.717) is 18.4 Å². The number of thiophene rings is 1. The number of carbonyl (C=O) groups is 1. The SMILES string of the molecule is O=C(CCNC1CCCc2sc(Br)cc21)N1CCCC1. The van der Waals surface area contributed by atoms with Gasteiger partial charge in [0.2, 0.25) is 5.91 Å². The molecule has 0 radical (unpaired) electrons. The zero-order valence-corrected chi connectivity index (χ0v) is 14.1. The van der Waals surface area contributed by atoms with Crippen LogP contribution in [-0.2, 0) is 11.2 Å². The van der Waals surface area contributed by atoms with Gasteiger partial charge in [-0.1, -0.05) is 0 Å². The molecule has 1 atom stereocenters. The van der Waals surface area contributed by atoms with E-state index in [4.69, 9.17) is 0 Å². The zero-order chi connectivity index (χ0) is 13.9. The summed E-state index contributed by atoms with van der Waals surface area (Å²) in [6.07, 6.45) is 6.63. The monoisotopic (exact) mass is 356 g/mol. The molecule has 1 aromatic rings. The van der Waals surface area contributed by atoms with Crippen molar-refractivity contribution in [2.75, 3.05) is 19.6 Å². The molecular formula is C15H21BrN2OS. The highest BCUT2D eigenvalue weighted by Crippen LogP contribution is 2.37. The van der Waals surface area contributed by atoms with E-state index in [0.717, 1.165) is 19.6 Å². The lowest BCUT2D eigenvalue weighted by Crippen LogP contribution is -2.32. The molecule has 1 aromatic heterocycles. The molecule has 0 bridgehead atoms. The lowest BCUT2D eigenvalue weighted by molar-refractivity contribution is -0.130. The minimum absolute atomic E-state index is 0.317. The van der Waals surface area contributed by atoms with Crippen LogP contribution in [0.4, 0.5) is 0 Å². The van der Waals surface area contributed by atoms with Crippen LogP contribution in [0.25, 0.3) is 0 Å². The Morgan fingerprint density at radius 1 is 1.40 bits per heavy atom. The summed E-state index contributed by atoms with van der Waals surface area (Å²) >= 11 is 5.44. The first-order valence-electron chi connectivity index (χ1n) is 7.53. The molecule has 110 valence electrons. The molecule has 0 saturated carbocycles. The molecule has 3 nitrogen and oxygen atoms in total. The Balaban J connectivity index is 1.50. The minimum atomic E-state index is 0.317. The van der Waals surface area contributed by atoms with Crippen LogP contribution in [0.3, 0.4) is 0 Å². The van der Waals surface area contributed by atoms with Crippen molar-refractivity contribution in [1.29, 1.82) is 0 Å². The highest BCUT2D eigenvalue weighted by atomic mass is 79.9. The third-order valence-corrected chi connectivity index (χ3v) is 5.99. The van der Waals surface area contributed by atoms with Crippen molar-refractivity contribution in [3.8, 4) is 0 Å². The first-order valence-corrected chi connectivity index (χ1v) is 9.14. The second kappa shape index (κ2) is 6.58. The van der Waals surface area contributed by atoms with E-state index >= 15 is 0 Å². The van der Waals surface area contributed by atoms with Crippen molar-refractivity contribution in [1.82, 2.24) is 10.2 Å². The average Bonchev–Trinajstić information content (AvgIpc) is 3.06. The number of carbonyl (C=O) groups excluding carboxylic acids is 1. The van der Waals surface area contributed by atoms with E-state index < -0.39 is 0 Å². The van der Waals surface area contributed by atoms with Crippen molar-refractivity contribution in [3.63, 3.8) is 0 Å². The largest absolute Gasteiger partial charge is 0.343 e. The molecule has 1 N–H and O–H groups in total. The van der Waals surface area contributed by atoms with E-state index in [2.05, 4.69) is 27.3 Å². The van der Waals surface area contributed by atoms with Crippen LogP contribution in [0.1, 0.15) is 48.6 Å². The van der Waals surface area contributed by atoms with E-state index in [-0.39, 0.29) is 0 Å². The number of hydrogen-bond acceptors (Lipinski definition) is 3. The Hall–Kier alpha value is -0.390. The highest BCUT2D eigenvalue weighted by Gasteiger charge is 2.23. The fraction of sp³-hybridized carbons (Fsp3) is 0.667. The van der Waals surface area contributed by atoms with Gasteiger partial charge in [-0.15, -0.1) is 11.3 Å². The standard InChI is InChI=1S/C15H21BrN2OS/c16-14-10-11-12(4-3-5-13(11)20-14)17-7-6-15(19)18-8-1-2-9-18/h10,12,17H,1-9H2. The van der Waals surface area contributed by atoms with Gasteiger partial charge in [0.05, 0.1) is 3.79 Å². The second-order valence-electron chi connectivity index (χ2n) is 5.67. The first-order chi connectivity index (χ1) is 9.74. The third kappa shape index (κ3) is 3.26. The Labute approximate surface area is 132 Å². The predicted octanol–water partition coefficient (Wildman–Crippen LogP) is 3.49. The number of fused-ring (bicyclic) bond motifs is 1. The molecule has 5 heteroatoms. The van der Waals surface area contributed by atoms with Gasteiger partial charge in [-0.05, 0) is 59.7 Å². The summed E-state index contributed by atoms with van der Waals surface area (Å²) in [4.78, 5) is 15.5. The molecule has 1 fully saturated rings. The number of rotatable bonds is 4. The normalized spacial score (nSPS) is 22.1. The number of hydrogen-bond donors (Lipinski definition) is 1. The van der Waals surface area contributed by atoms with Crippen LogP contribution in [0, 0.1) is 0 Å². The number of nitrogens with one attached hydrogen (secondary N) is 1. The topological polar surface area (TPSA) is 32.3 Å². The highest BCUT2D eigenvalue weighted by molar-refractivity contribution is 9.11. The Kier molecular flexibility index (Phi) is 4.79. The Morgan fingerprint density at radius 2 is 2.20 bits per heavy atom. The molecule has 20 heavy (non-hydrogen) atoms. The summed E-state index contributed by atoms with van der Waals surface area (Å²) in [5, 5.41) is 3.58. The lowest BCUT2D eigenvalue weighted by Gasteiger charge is -2.24. The second-order valence-corrected chi connectivity index (χ2v) is 8.18. The fourth-order valence-corrected chi connectivity index (χ4v) is 5.03. The Morgan fingerprint density at radius 3 is 3.00 bits per heavy atom. The van der Waals surface area contributed by atoms with E-state index in [9.17, 15) is 4.79 Å². The van der Waals surface area contributed by atoms with Crippen LogP contribution in [0.15, 0.2) is 9.85 Å². The molecule has 1 aliphatic carbocycles. The molecule has 1 amide bonds. The van der Waals surface area contributed by atoms with Crippen LogP contribution < -0.4 is 5.32 Å². The maximum absolute atomic E-state index is 12.0. The molecule has 3 rings (SSSR count). The number of nitrogens with zero attached hydrogens (tertiary/aromatic N) is 1. The molecule has 2 heterocycles. The maximum atomic E-state index is 12.0. The molecule has 1 unspecified atom stereocenters. The molecule has 1 saturated heterocycles. The quantitative estimate of drug-likeness (QED) is 0.895. The van der Waals surface area contributed by atoms with Gasteiger partial charge in [-0.3, -0.25) is 4.79 Å². The van der Waals surface area contributed by atoms with Crippen molar-refractivity contribution in [2.24, 2.45) is 0 Å². The first kappa shape index (κ1) is 14.5.